The van der Waals surface area contributed by atoms with Crippen LogP contribution in [0.4, 0.5) is 13.2 Å². The number of rotatable bonds is 4. The Morgan fingerprint density at radius 1 is 1.17 bits per heavy atom. The predicted octanol–water partition coefficient (Wildman–Crippen LogP) is 3.87. The van der Waals surface area contributed by atoms with Crippen molar-refractivity contribution in [2.45, 2.75) is 76.7 Å². The second-order valence-corrected chi connectivity index (χ2v) is 8.84. The lowest BCUT2D eigenvalue weighted by molar-refractivity contribution is -0.189. The molecular formula is C21H30F3NO4. The zero-order valence-electron chi connectivity index (χ0n) is 17.5. The second-order valence-electron chi connectivity index (χ2n) is 8.84. The number of aliphatic hydroxyl groups excluding tert-OH is 1. The van der Waals surface area contributed by atoms with Crippen LogP contribution in [0.5, 0.6) is 11.5 Å². The van der Waals surface area contributed by atoms with Crippen LogP contribution in [0.25, 0.3) is 0 Å². The zero-order chi connectivity index (χ0) is 21.6. The van der Waals surface area contributed by atoms with Crippen LogP contribution in [0.1, 0.15) is 51.3 Å². The number of fused-ring (bicyclic) bond motifs is 3. The van der Waals surface area contributed by atoms with Crippen LogP contribution >= 0.6 is 0 Å². The largest absolute Gasteiger partial charge is 0.493 e. The van der Waals surface area contributed by atoms with Gasteiger partial charge in [0, 0.05) is 19.1 Å². The van der Waals surface area contributed by atoms with Crippen LogP contribution in [0, 0.1) is 0 Å². The highest BCUT2D eigenvalue weighted by atomic mass is 19.4. The Balaban J connectivity index is 1.84. The number of hydrogen-bond donors (Lipinski definition) is 1. The summed E-state index contributed by atoms with van der Waals surface area (Å²) in [6, 6.07) is 3.37. The molecule has 2 heterocycles. The van der Waals surface area contributed by atoms with E-state index in [2.05, 4.69) is 4.90 Å². The van der Waals surface area contributed by atoms with Gasteiger partial charge in [-0.25, -0.2) is 0 Å². The molecule has 1 saturated heterocycles. The third kappa shape index (κ3) is 4.98. The van der Waals surface area contributed by atoms with E-state index in [-0.39, 0.29) is 29.2 Å². The van der Waals surface area contributed by atoms with E-state index in [1.807, 2.05) is 20.8 Å². The molecule has 2 aliphatic heterocycles. The van der Waals surface area contributed by atoms with Crippen molar-refractivity contribution in [1.82, 2.24) is 4.90 Å². The molecule has 0 amide bonds. The Hall–Kier alpha value is -1.51. The van der Waals surface area contributed by atoms with Gasteiger partial charge in [-0.05, 0) is 63.8 Å². The van der Waals surface area contributed by atoms with E-state index in [1.165, 1.54) is 7.11 Å². The van der Waals surface area contributed by atoms with Gasteiger partial charge in [0.1, 0.15) is 0 Å². The van der Waals surface area contributed by atoms with Crippen LogP contribution in [0.15, 0.2) is 12.1 Å². The first-order valence-electron chi connectivity index (χ1n) is 9.93. The molecule has 0 saturated carbocycles. The van der Waals surface area contributed by atoms with Gasteiger partial charge in [-0.15, -0.1) is 0 Å². The van der Waals surface area contributed by atoms with Crippen molar-refractivity contribution in [2.24, 2.45) is 0 Å². The van der Waals surface area contributed by atoms with E-state index in [0.717, 1.165) is 24.6 Å². The Bertz CT molecular complexity index is 732. The third-order valence-electron chi connectivity index (χ3n) is 5.47. The smallest absolute Gasteiger partial charge is 0.425 e. The summed E-state index contributed by atoms with van der Waals surface area (Å²) >= 11 is 0. The van der Waals surface area contributed by atoms with Crippen molar-refractivity contribution in [3.05, 3.63) is 23.3 Å². The lowest BCUT2D eigenvalue weighted by Gasteiger charge is -2.46. The minimum Gasteiger partial charge on any atom is -0.493 e. The molecule has 5 nitrogen and oxygen atoms in total. The first-order valence-corrected chi connectivity index (χ1v) is 9.93. The number of benzene rings is 1. The Labute approximate surface area is 169 Å². The topological polar surface area (TPSA) is 51.2 Å². The van der Waals surface area contributed by atoms with Crippen molar-refractivity contribution < 1.29 is 32.5 Å². The number of methoxy groups -OCH3 is 1. The van der Waals surface area contributed by atoms with Crippen molar-refractivity contribution in [3.63, 3.8) is 0 Å². The van der Waals surface area contributed by atoms with E-state index in [4.69, 9.17) is 14.2 Å². The maximum atomic E-state index is 12.9. The summed E-state index contributed by atoms with van der Waals surface area (Å²) in [5, 5.41) is 10.7. The molecule has 164 valence electrons. The summed E-state index contributed by atoms with van der Waals surface area (Å²) in [6.07, 6.45) is -6.09. The molecule has 8 heteroatoms. The Morgan fingerprint density at radius 3 is 2.45 bits per heavy atom. The van der Waals surface area contributed by atoms with Gasteiger partial charge in [-0.1, -0.05) is 0 Å². The van der Waals surface area contributed by atoms with Crippen LogP contribution in [0.2, 0.25) is 0 Å². The number of hydrogen-bond acceptors (Lipinski definition) is 5. The number of ether oxygens (including phenoxy) is 3. The number of piperidine rings is 1. The average molecular weight is 417 g/mol. The van der Waals surface area contributed by atoms with Gasteiger partial charge in [0.15, 0.2) is 17.6 Å². The van der Waals surface area contributed by atoms with Crippen LogP contribution < -0.4 is 9.47 Å². The number of nitrogens with zero attached hydrogens (tertiary/aromatic N) is 1. The highest BCUT2D eigenvalue weighted by molar-refractivity contribution is 5.50. The highest BCUT2D eigenvalue weighted by Gasteiger charge is 2.41. The molecule has 29 heavy (non-hydrogen) atoms. The molecular weight excluding hydrogens is 387 g/mol. The normalized spacial score (nSPS) is 26.4. The molecule has 4 atom stereocenters. The van der Waals surface area contributed by atoms with Crippen molar-refractivity contribution >= 4 is 0 Å². The van der Waals surface area contributed by atoms with Gasteiger partial charge in [-0.3, -0.25) is 4.90 Å². The fourth-order valence-corrected chi connectivity index (χ4v) is 4.07. The van der Waals surface area contributed by atoms with E-state index in [9.17, 15) is 18.3 Å². The van der Waals surface area contributed by atoms with Crippen molar-refractivity contribution in [2.75, 3.05) is 20.2 Å². The fraction of sp³-hybridized carbons (Fsp3) is 0.714. The predicted molar refractivity (Wildman–Crippen MR) is 102 cm³/mol. The summed E-state index contributed by atoms with van der Waals surface area (Å²) < 4.78 is 55.3. The molecule has 1 aromatic rings. The first kappa shape index (κ1) is 22.2. The van der Waals surface area contributed by atoms with Crippen molar-refractivity contribution in [3.8, 4) is 11.5 Å². The lowest BCUT2D eigenvalue weighted by Crippen LogP contribution is -2.53. The SMILES string of the molecule is COc1cc2c(cc1OC(C)C(F)(F)F)CCN1C[C@@H](OC(C)(C)C)[C@H](O)C[C@H]21. The molecule has 0 aromatic heterocycles. The van der Waals surface area contributed by atoms with E-state index < -0.39 is 18.4 Å². The number of halogens is 3. The van der Waals surface area contributed by atoms with Crippen LogP contribution in [0.3, 0.4) is 0 Å². The van der Waals surface area contributed by atoms with Gasteiger partial charge in [0.25, 0.3) is 0 Å². The summed E-state index contributed by atoms with van der Waals surface area (Å²) in [6.45, 7) is 8.22. The summed E-state index contributed by atoms with van der Waals surface area (Å²) in [5.41, 5.74) is 1.55. The van der Waals surface area contributed by atoms with Crippen LogP contribution in [-0.2, 0) is 11.2 Å². The molecule has 0 radical (unpaired) electrons. The zero-order valence-corrected chi connectivity index (χ0v) is 17.5. The lowest BCUT2D eigenvalue weighted by atomic mass is 9.84. The molecule has 1 N–H and O–H groups in total. The summed E-state index contributed by atoms with van der Waals surface area (Å²) in [7, 11) is 1.41. The first-order chi connectivity index (χ1) is 13.4. The van der Waals surface area contributed by atoms with Gasteiger partial charge in [0.2, 0.25) is 0 Å². The molecule has 3 rings (SSSR count). The van der Waals surface area contributed by atoms with Gasteiger partial charge in [0.05, 0.1) is 24.9 Å². The standard InChI is InChI=1S/C21H30F3NO4/c1-12(21(22,23)24)28-18-8-13-6-7-25-11-19(29-20(2,3)4)16(26)10-15(25)14(13)9-17(18)27-5/h8-9,12,15-16,19,26H,6-7,10-11H2,1-5H3/t12?,15-,16-,19-/m1/s1. The minimum absolute atomic E-state index is 0.0310. The minimum atomic E-state index is -4.45. The fourth-order valence-electron chi connectivity index (χ4n) is 4.07. The molecule has 1 fully saturated rings. The molecule has 0 bridgehead atoms. The third-order valence-corrected chi connectivity index (χ3v) is 5.47. The molecule has 2 aliphatic rings. The average Bonchev–Trinajstić information content (AvgIpc) is 2.60. The molecule has 0 spiro atoms. The monoisotopic (exact) mass is 417 g/mol. The molecule has 1 unspecified atom stereocenters. The Morgan fingerprint density at radius 2 is 1.86 bits per heavy atom. The maximum absolute atomic E-state index is 12.9. The highest BCUT2D eigenvalue weighted by Crippen LogP contribution is 2.43. The van der Waals surface area contributed by atoms with Crippen molar-refractivity contribution in [1.29, 1.82) is 0 Å². The van der Waals surface area contributed by atoms with Gasteiger partial charge < -0.3 is 19.3 Å². The maximum Gasteiger partial charge on any atom is 0.425 e. The van der Waals surface area contributed by atoms with Gasteiger partial charge >= 0.3 is 6.18 Å². The van der Waals surface area contributed by atoms with Crippen LogP contribution in [-0.4, -0.2) is 60.3 Å². The van der Waals surface area contributed by atoms with E-state index in [0.29, 0.717) is 19.4 Å². The Kier molecular flexibility index (Phi) is 6.09. The quantitative estimate of drug-likeness (QED) is 0.806. The summed E-state index contributed by atoms with van der Waals surface area (Å²) in [4.78, 5) is 2.27. The second kappa shape index (κ2) is 7.96. The number of alkyl halides is 3. The van der Waals surface area contributed by atoms with Gasteiger partial charge in [-0.2, -0.15) is 13.2 Å². The number of aliphatic hydroxyl groups is 1. The van der Waals surface area contributed by atoms with E-state index in [1.54, 1.807) is 12.1 Å². The molecule has 1 aromatic carbocycles. The summed E-state index contributed by atoms with van der Waals surface area (Å²) in [5.74, 6) is 0.360. The van der Waals surface area contributed by atoms with E-state index >= 15 is 0 Å². The molecule has 0 aliphatic carbocycles.